The summed E-state index contributed by atoms with van der Waals surface area (Å²) in [6.07, 6.45) is 1.36. The Balaban J connectivity index is 2.30. The first-order valence-corrected chi connectivity index (χ1v) is 6.21. The van der Waals surface area contributed by atoms with Gasteiger partial charge in [-0.05, 0) is 36.2 Å². The topological polar surface area (TPSA) is 60.7 Å². The van der Waals surface area contributed by atoms with Gasteiger partial charge in [-0.1, -0.05) is 0 Å². The molecule has 1 aromatic heterocycles. The van der Waals surface area contributed by atoms with E-state index in [4.69, 9.17) is 25.5 Å². The molecule has 0 radical (unpaired) electrons. The number of anilines is 1. The molecule has 0 saturated heterocycles. The summed E-state index contributed by atoms with van der Waals surface area (Å²) in [4.78, 5) is 12.1. The summed E-state index contributed by atoms with van der Waals surface area (Å²) in [5, 5.41) is 2.82. The summed E-state index contributed by atoms with van der Waals surface area (Å²) in [6.45, 7) is 1.86. The second kappa shape index (κ2) is 5.88. The van der Waals surface area contributed by atoms with E-state index in [1.807, 2.05) is 6.92 Å². The van der Waals surface area contributed by atoms with Gasteiger partial charge >= 0.3 is 0 Å². The van der Waals surface area contributed by atoms with Crippen LogP contribution in [0.3, 0.4) is 0 Å². The highest BCUT2D eigenvalue weighted by atomic mass is 35.5. The van der Waals surface area contributed by atoms with Crippen LogP contribution in [0.2, 0.25) is 5.22 Å². The van der Waals surface area contributed by atoms with Gasteiger partial charge in [0.05, 0.1) is 26.0 Å². The quantitative estimate of drug-likeness (QED) is 0.937. The van der Waals surface area contributed by atoms with E-state index in [-0.39, 0.29) is 16.7 Å². The number of benzene rings is 1. The Labute approximate surface area is 121 Å². The molecule has 20 heavy (non-hydrogen) atoms. The molecule has 1 aromatic carbocycles. The maximum Gasteiger partial charge on any atom is 0.260 e. The van der Waals surface area contributed by atoms with Crippen LogP contribution >= 0.6 is 11.6 Å². The largest absolute Gasteiger partial charge is 0.493 e. The Morgan fingerprint density at radius 3 is 2.45 bits per heavy atom. The Morgan fingerprint density at radius 1 is 1.25 bits per heavy atom. The summed E-state index contributed by atoms with van der Waals surface area (Å²) in [5.41, 5.74) is 1.74. The van der Waals surface area contributed by atoms with Crippen molar-refractivity contribution in [3.05, 3.63) is 40.8 Å². The van der Waals surface area contributed by atoms with E-state index < -0.39 is 0 Å². The number of hydrogen-bond acceptors (Lipinski definition) is 4. The SMILES string of the molecule is COc1cc(C)c(NC(=O)c2ccoc2Cl)cc1OC. The fourth-order valence-electron chi connectivity index (χ4n) is 1.76. The van der Waals surface area contributed by atoms with Gasteiger partial charge in [-0.2, -0.15) is 0 Å². The third-order valence-electron chi connectivity index (χ3n) is 2.84. The van der Waals surface area contributed by atoms with Crippen LogP contribution in [0.5, 0.6) is 11.5 Å². The molecular weight excluding hydrogens is 282 g/mol. The molecule has 0 atom stereocenters. The highest BCUT2D eigenvalue weighted by molar-refractivity contribution is 6.32. The van der Waals surface area contributed by atoms with Crippen molar-refractivity contribution >= 4 is 23.2 Å². The molecule has 0 fully saturated rings. The fraction of sp³-hybridized carbons (Fsp3) is 0.214. The molecule has 0 saturated carbocycles. The maximum absolute atomic E-state index is 12.1. The Kier molecular flexibility index (Phi) is 4.20. The van der Waals surface area contributed by atoms with E-state index in [0.29, 0.717) is 17.2 Å². The standard InChI is InChI=1S/C14H14ClNO4/c1-8-6-11(18-2)12(19-3)7-10(8)16-14(17)9-4-5-20-13(9)15/h4-7H,1-3H3,(H,16,17). The van der Waals surface area contributed by atoms with Crippen LogP contribution < -0.4 is 14.8 Å². The first kappa shape index (κ1) is 14.3. The van der Waals surface area contributed by atoms with Crippen molar-refractivity contribution < 1.29 is 18.7 Å². The minimum absolute atomic E-state index is 0.0561. The zero-order valence-corrected chi connectivity index (χ0v) is 12.1. The van der Waals surface area contributed by atoms with E-state index in [9.17, 15) is 4.79 Å². The van der Waals surface area contributed by atoms with Crippen LogP contribution in [0.25, 0.3) is 0 Å². The van der Waals surface area contributed by atoms with Gasteiger partial charge in [0.2, 0.25) is 5.22 Å². The molecule has 106 valence electrons. The number of hydrogen-bond donors (Lipinski definition) is 1. The predicted octanol–water partition coefficient (Wildman–Crippen LogP) is 3.51. The lowest BCUT2D eigenvalue weighted by molar-refractivity contribution is 0.102. The number of aryl methyl sites for hydroxylation is 1. The summed E-state index contributed by atoms with van der Waals surface area (Å²) in [7, 11) is 3.09. The van der Waals surface area contributed by atoms with E-state index in [1.165, 1.54) is 19.4 Å². The molecule has 0 aliphatic rings. The van der Waals surface area contributed by atoms with Crippen molar-refractivity contribution in [3.63, 3.8) is 0 Å². The second-order valence-corrected chi connectivity index (χ2v) is 4.43. The third-order valence-corrected chi connectivity index (χ3v) is 3.13. The molecule has 2 aromatic rings. The molecule has 1 N–H and O–H groups in total. The van der Waals surface area contributed by atoms with Crippen molar-refractivity contribution in [2.75, 3.05) is 19.5 Å². The van der Waals surface area contributed by atoms with Crippen molar-refractivity contribution in [2.45, 2.75) is 6.92 Å². The van der Waals surface area contributed by atoms with Gasteiger partial charge in [0.25, 0.3) is 5.91 Å². The zero-order valence-electron chi connectivity index (χ0n) is 11.3. The lowest BCUT2D eigenvalue weighted by atomic mass is 10.1. The number of furan rings is 1. The smallest absolute Gasteiger partial charge is 0.260 e. The zero-order chi connectivity index (χ0) is 14.7. The Bertz CT molecular complexity index is 636. The average Bonchev–Trinajstić information content (AvgIpc) is 2.86. The average molecular weight is 296 g/mol. The van der Waals surface area contributed by atoms with E-state index >= 15 is 0 Å². The normalized spacial score (nSPS) is 10.2. The Morgan fingerprint density at radius 2 is 1.90 bits per heavy atom. The number of amides is 1. The van der Waals surface area contributed by atoms with E-state index in [0.717, 1.165) is 5.56 Å². The van der Waals surface area contributed by atoms with Gasteiger partial charge in [0, 0.05) is 11.8 Å². The number of rotatable bonds is 4. The van der Waals surface area contributed by atoms with Gasteiger partial charge in [-0.15, -0.1) is 0 Å². The molecule has 0 bridgehead atoms. The first-order chi connectivity index (χ1) is 9.56. The molecule has 1 heterocycles. The first-order valence-electron chi connectivity index (χ1n) is 5.83. The second-order valence-electron chi connectivity index (χ2n) is 4.08. The maximum atomic E-state index is 12.1. The molecular formula is C14H14ClNO4. The molecule has 0 aliphatic heterocycles. The van der Waals surface area contributed by atoms with E-state index in [1.54, 1.807) is 19.2 Å². The lowest BCUT2D eigenvalue weighted by Gasteiger charge is -2.13. The molecule has 5 nitrogen and oxygen atoms in total. The number of carbonyl (C=O) groups excluding carboxylic acids is 1. The Hall–Kier alpha value is -2.14. The van der Waals surface area contributed by atoms with Crippen molar-refractivity contribution in [1.29, 1.82) is 0 Å². The minimum Gasteiger partial charge on any atom is -0.493 e. The molecule has 1 amide bonds. The molecule has 2 rings (SSSR count). The monoisotopic (exact) mass is 295 g/mol. The van der Waals surface area contributed by atoms with Crippen LogP contribution in [0.15, 0.2) is 28.9 Å². The number of ether oxygens (including phenoxy) is 2. The summed E-state index contributed by atoms with van der Waals surface area (Å²) < 4.78 is 15.3. The van der Waals surface area contributed by atoms with Crippen LogP contribution in [-0.4, -0.2) is 20.1 Å². The lowest BCUT2D eigenvalue weighted by Crippen LogP contribution is -2.12. The minimum atomic E-state index is -0.348. The van der Waals surface area contributed by atoms with Crippen molar-refractivity contribution in [2.24, 2.45) is 0 Å². The number of halogens is 1. The number of nitrogens with one attached hydrogen (secondary N) is 1. The fourth-order valence-corrected chi connectivity index (χ4v) is 1.96. The van der Waals surface area contributed by atoms with Gasteiger partial charge < -0.3 is 19.2 Å². The highest BCUT2D eigenvalue weighted by Crippen LogP contribution is 2.33. The molecule has 6 heteroatoms. The molecule has 0 unspecified atom stereocenters. The summed E-state index contributed by atoms with van der Waals surface area (Å²) >= 11 is 5.77. The predicted molar refractivity (Wildman–Crippen MR) is 76.0 cm³/mol. The van der Waals surface area contributed by atoms with Crippen LogP contribution in [0.4, 0.5) is 5.69 Å². The number of methoxy groups -OCH3 is 2. The van der Waals surface area contributed by atoms with Crippen LogP contribution in [0.1, 0.15) is 15.9 Å². The third kappa shape index (κ3) is 2.72. The van der Waals surface area contributed by atoms with Gasteiger partial charge in [-0.3, -0.25) is 4.79 Å². The van der Waals surface area contributed by atoms with Crippen LogP contribution in [0, 0.1) is 6.92 Å². The van der Waals surface area contributed by atoms with E-state index in [2.05, 4.69) is 5.32 Å². The summed E-state index contributed by atoms with van der Waals surface area (Å²) in [6, 6.07) is 4.99. The highest BCUT2D eigenvalue weighted by Gasteiger charge is 2.15. The van der Waals surface area contributed by atoms with Gasteiger partial charge in [-0.25, -0.2) is 0 Å². The summed E-state index contributed by atoms with van der Waals surface area (Å²) in [5.74, 6) is 0.787. The molecule has 0 spiro atoms. The van der Waals surface area contributed by atoms with Gasteiger partial charge in [0.1, 0.15) is 0 Å². The molecule has 0 aliphatic carbocycles. The number of carbonyl (C=O) groups is 1. The van der Waals surface area contributed by atoms with Crippen molar-refractivity contribution in [1.82, 2.24) is 0 Å². The van der Waals surface area contributed by atoms with Crippen molar-refractivity contribution in [3.8, 4) is 11.5 Å². The van der Waals surface area contributed by atoms with Crippen LogP contribution in [-0.2, 0) is 0 Å². The van der Waals surface area contributed by atoms with Gasteiger partial charge in [0.15, 0.2) is 11.5 Å².